The van der Waals surface area contributed by atoms with E-state index in [-0.39, 0.29) is 23.2 Å². The molecular weight excluding hydrogens is 566 g/mol. The number of aromatic nitrogens is 1. The van der Waals surface area contributed by atoms with Crippen LogP contribution < -0.4 is 14.9 Å². The standard InChI is InChI=1S/C29H33N5O3S2.ClH/c1-20-7-11-25(12-8-20)39(36,37)32-24-6-4-5-23(19-24)28(35)30-13-14-33-15-17-34(18-16-33)29-31-26-21(2)9-10-22(3)27(26)38-29;/h4-12,19,32H,13-18H2,1-3H3,(H,30,35);1H. The summed E-state index contributed by atoms with van der Waals surface area (Å²) in [5.41, 5.74) is 5.31. The number of hydrogen-bond donors (Lipinski definition) is 2. The number of nitrogens with zero attached hydrogens (tertiary/aromatic N) is 3. The van der Waals surface area contributed by atoms with Gasteiger partial charge in [0.25, 0.3) is 15.9 Å². The number of thiazole rings is 1. The molecule has 5 rings (SSSR count). The van der Waals surface area contributed by atoms with Crippen molar-refractivity contribution in [2.45, 2.75) is 25.7 Å². The first-order chi connectivity index (χ1) is 18.7. The van der Waals surface area contributed by atoms with Gasteiger partial charge in [0.05, 0.1) is 15.1 Å². The molecule has 212 valence electrons. The van der Waals surface area contributed by atoms with E-state index in [1.165, 1.54) is 15.8 Å². The van der Waals surface area contributed by atoms with Crippen LogP contribution in [0, 0.1) is 20.8 Å². The van der Waals surface area contributed by atoms with Crippen molar-refractivity contribution in [1.29, 1.82) is 0 Å². The normalized spacial score (nSPS) is 14.1. The van der Waals surface area contributed by atoms with E-state index >= 15 is 0 Å². The maximum Gasteiger partial charge on any atom is 0.261 e. The number of carbonyl (C=O) groups is 1. The number of hydrogen-bond acceptors (Lipinski definition) is 7. The summed E-state index contributed by atoms with van der Waals surface area (Å²) in [6.45, 7) is 11.0. The SMILES string of the molecule is Cc1ccc(S(=O)(=O)Nc2cccc(C(=O)NCCN3CCN(c4nc5c(C)ccc(C)c5s4)CC3)c2)cc1.Cl. The van der Waals surface area contributed by atoms with Crippen LogP contribution in [0.3, 0.4) is 0 Å². The summed E-state index contributed by atoms with van der Waals surface area (Å²) in [4.78, 5) is 22.5. The van der Waals surface area contributed by atoms with Crippen molar-refractivity contribution < 1.29 is 13.2 Å². The Morgan fingerprint density at radius 1 is 0.950 bits per heavy atom. The van der Waals surface area contributed by atoms with Gasteiger partial charge in [-0.25, -0.2) is 13.4 Å². The molecule has 1 aromatic heterocycles. The molecule has 4 aromatic rings. The Kier molecular flexibility index (Phi) is 9.35. The fourth-order valence-corrected chi connectivity index (χ4v) is 6.84. The maximum atomic E-state index is 12.8. The minimum absolute atomic E-state index is 0. The van der Waals surface area contributed by atoms with E-state index in [1.54, 1.807) is 59.9 Å². The molecule has 1 aliphatic rings. The van der Waals surface area contributed by atoms with Gasteiger partial charge in [-0.05, 0) is 62.2 Å². The van der Waals surface area contributed by atoms with E-state index < -0.39 is 10.0 Å². The van der Waals surface area contributed by atoms with Crippen LogP contribution >= 0.6 is 23.7 Å². The summed E-state index contributed by atoms with van der Waals surface area (Å²) in [6.07, 6.45) is 0. The highest BCUT2D eigenvalue weighted by molar-refractivity contribution is 7.92. The van der Waals surface area contributed by atoms with Gasteiger partial charge in [0.1, 0.15) is 0 Å². The van der Waals surface area contributed by atoms with Crippen molar-refractivity contribution in [3.05, 3.63) is 82.9 Å². The molecule has 0 spiro atoms. The third kappa shape index (κ3) is 6.75. The fraction of sp³-hybridized carbons (Fsp3) is 0.310. The summed E-state index contributed by atoms with van der Waals surface area (Å²) in [5.74, 6) is -0.231. The molecule has 0 saturated carbocycles. The van der Waals surface area contributed by atoms with E-state index in [9.17, 15) is 13.2 Å². The Morgan fingerprint density at radius 3 is 2.35 bits per heavy atom. The molecule has 0 unspecified atom stereocenters. The average molecular weight is 600 g/mol. The number of sulfonamides is 1. The second-order valence-electron chi connectivity index (χ2n) is 9.96. The number of aryl methyl sites for hydroxylation is 3. The van der Waals surface area contributed by atoms with Crippen LogP contribution in [0.15, 0.2) is 65.6 Å². The lowest BCUT2D eigenvalue weighted by molar-refractivity contribution is 0.0948. The predicted molar refractivity (Wildman–Crippen MR) is 166 cm³/mol. The van der Waals surface area contributed by atoms with Crippen molar-refractivity contribution in [3.8, 4) is 0 Å². The molecule has 0 radical (unpaired) electrons. The number of nitrogens with one attached hydrogen (secondary N) is 2. The Hall–Kier alpha value is -3.18. The number of anilines is 2. The zero-order valence-electron chi connectivity index (χ0n) is 22.8. The molecule has 1 amide bonds. The highest BCUT2D eigenvalue weighted by atomic mass is 35.5. The van der Waals surface area contributed by atoms with Gasteiger partial charge >= 0.3 is 0 Å². The highest BCUT2D eigenvalue weighted by Crippen LogP contribution is 2.33. The average Bonchev–Trinajstić information content (AvgIpc) is 3.38. The van der Waals surface area contributed by atoms with Gasteiger partial charge in [-0.3, -0.25) is 14.4 Å². The highest BCUT2D eigenvalue weighted by Gasteiger charge is 2.21. The molecule has 0 aliphatic carbocycles. The Morgan fingerprint density at radius 2 is 1.65 bits per heavy atom. The van der Waals surface area contributed by atoms with Crippen LogP contribution in [0.4, 0.5) is 10.8 Å². The molecular formula is C29H34ClN5O3S2. The zero-order chi connectivity index (χ0) is 27.6. The van der Waals surface area contributed by atoms with Crippen molar-refractivity contribution in [2.24, 2.45) is 0 Å². The van der Waals surface area contributed by atoms with Gasteiger partial charge in [-0.1, -0.05) is 47.2 Å². The van der Waals surface area contributed by atoms with E-state index in [1.807, 2.05) is 6.92 Å². The Labute approximate surface area is 245 Å². The van der Waals surface area contributed by atoms with Crippen molar-refractivity contribution in [2.75, 3.05) is 48.9 Å². The van der Waals surface area contributed by atoms with Crippen LogP contribution in [0.2, 0.25) is 0 Å². The molecule has 2 N–H and O–H groups in total. The molecule has 8 nitrogen and oxygen atoms in total. The third-order valence-corrected chi connectivity index (χ3v) is 9.64. The first kappa shape index (κ1) is 29.8. The number of carbonyl (C=O) groups excluding carboxylic acids is 1. The second-order valence-corrected chi connectivity index (χ2v) is 12.6. The summed E-state index contributed by atoms with van der Waals surface area (Å²) in [6, 6.07) is 17.5. The lowest BCUT2D eigenvalue weighted by Crippen LogP contribution is -2.48. The fourth-order valence-electron chi connectivity index (χ4n) is 4.63. The quantitative estimate of drug-likeness (QED) is 0.296. The van der Waals surface area contributed by atoms with Crippen molar-refractivity contribution in [1.82, 2.24) is 15.2 Å². The van der Waals surface area contributed by atoms with Gasteiger partial charge in [-0.15, -0.1) is 12.4 Å². The maximum absolute atomic E-state index is 12.8. The molecule has 1 fully saturated rings. The van der Waals surface area contributed by atoms with Crippen LogP contribution in [0.5, 0.6) is 0 Å². The molecule has 1 saturated heterocycles. The zero-order valence-corrected chi connectivity index (χ0v) is 25.3. The summed E-state index contributed by atoms with van der Waals surface area (Å²) in [7, 11) is -3.74. The first-order valence-electron chi connectivity index (χ1n) is 13.0. The van der Waals surface area contributed by atoms with Crippen LogP contribution in [-0.2, 0) is 10.0 Å². The number of benzene rings is 3. The summed E-state index contributed by atoms with van der Waals surface area (Å²) in [5, 5.41) is 4.04. The van der Waals surface area contributed by atoms with Crippen molar-refractivity contribution >= 4 is 60.7 Å². The molecule has 1 aliphatic heterocycles. The first-order valence-corrected chi connectivity index (χ1v) is 15.3. The Bertz CT molecular complexity index is 1560. The molecule has 3 aromatic carbocycles. The number of amides is 1. The third-order valence-electron chi connectivity index (χ3n) is 7.00. The molecule has 40 heavy (non-hydrogen) atoms. The number of fused-ring (bicyclic) bond motifs is 1. The van der Waals surface area contributed by atoms with Gasteiger partial charge in [0, 0.05) is 50.5 Å². The summed E-state index contributed by atoms with van der Waals surface area (Å²) < 4.78 is 29.2. The van der Waals surface area contributed by atoms with Crippen LogP contribution in [0.25, 0.3) is 10.2 Å². The van der Waals surface area contributed by atoms with E-state index in [2.05, 4.69) is 45.8 Å². The summed E-state index contributed by atoms with van der Waals surface area (Å²) >= 11 is 1.77. The topological polar surface area (TPSA) is 94.6 Å². The molecule has 0 bridgehead atoms. The minimum Gasteiger partial charge on any atom is -0.351 e. The Balaban J connectivity index is 0.00000370. The van der Waals surface area contributed by atoms with E-state index in [0.29, 0.717) is 17.8 Å². The smallest absolute Gasteiger partial charge is 0.261 e. The monoisotopic (exact) mass is 599 g/mol. The van der Waals surface area contributed by atoms with E-state index in [4.69, 9.17) is 4.98 Å². The van der Waals surface area contributed by atoms with Crippen molar-refractivity contribution in [3.63, 3.8) is 0 Å². The minimum atomic E-state index is -3.74. The van der Waals surface area contributed by atoms with Crippen LogP contribution in [0.1, 0.15) is 27.0 Å². The van der Waals surface area contributed by atoms with Crippen LogP contribution in [-0.4, -0.2) is 63.5 Å². The second kappa shape index (κ2) is 12.6. The largest absolute Gasteiger partial charge is 0.351 e. The molecule has 11 heteroatoms. The van der Waals surface area contributed by atoms with Gasteiger partial charge in [0.2, 0.25) is 0 Å². The number of halogens is 1. The molecule has 0 atom stereocenters. The predicted octanol–water partition coefficient (Wildman–Crippen LogP) is 5.00. The van der Waals surface area contributed by atoms with Gasteiger partial charge < -0.3 is 10.2 Å². The number of rotatable bonds is 8. The van der Waals surface area contributed by atoms with Gasteiger partial charge in [0.15, 0.2) is 5.13 Å². The number of piperazine rings is 1. The lowest BCUT2D eigenvalue weighted by atomic mass is 10.1. The van der Waals surface area contributed by atoms with Gasteiger partial charge in [-0.2, -0.15) is 0 Å². The van der Waals surface area contributed by atoms with E-state index in [0.717, 1.165) is 48.9 Å². The lowest BCUT2D eigenvalue weighted by Gasteiger charge is -2.34. The molecule has 2 heterocycles.